The predicted molar refractivity (Wildman–Crippen MR) is 86.6 cm³/mol. The second kappa shape index (κ2) is 7.98. The number of ether oxygens (including phenoxy) is 1. The number of rotatable bonds is 7. The van der Waals surface area contributed by atoms with Crippen LogP contribution in [0, 0.1) is 0 Å². The van der Waals surface area contributed by atoms with Crippen LogP contribution in [0.3, 0.4) is 0 Å². The molecular weight excluding hydrogens is 266 g/mol. The molecule has 0 fully saturated rings. The minimum Gasteiger partial charge on any atom is -0.497 e. The van der Waals surface area contributed by atoms with Gasteiger partial charge in [-0.25, -0.2) is 0 Å². The molecule has 0 spiro atoms. The van der Waals surface area contributed by atoms with E-state index in [4.69, 9.17) is 4.74 Å². The smallest absolute Gasteiger partial charge is 0.118 e. The highest BCUT2D eigenvalue weighted by Crippen LogP contribution is 2.21. The fourth-order valence-electron chi connectivity index (χ4n) is 2.03. The first kappa shape index (κ1) is 14.9. The lowest BCUT2D eigenvalue weighted by molar-refractivity contribution is 0.414. The summed E-state index contributed by atoms with van der Waals surface area (Å²) in [5.74, 6) is 2.01. The van der Waals surface area contributed by atoms with Gasteiger partial charge in [-0.1, -0.05) is 24.3 Å². The summed E-state index contributed by atoms with van der Waals surface area (Å²) < 4.78 is 5.17. The van der Waals surface area contributed by atoms with Gasteiger partial charge in [0.2, 0.25) is 0 Å². The molecule has 0 radical (unpaired) electrons. The van der Waals surface area contributed by atoms with E-state index in [2.05, 4.69) is 41.7 Å². The molecule has 0 aliphatic carbocycles. The number of benzene rings is 2. The van der Waals surface area contributed by atoms with Crippen molar-refractivity contribution in [3.8, 4) is 5.75 Å². The third kappa shape index (κ3) is 4.58. The SMILES string of the molecule is CNCc1cccc(SCCc2ccc(OC)cc2)c1. The van der Waals surface area contributed by atoms with Crippen LogP contribution in [-0.4, -0.2) is 19.9 Å². The van der Waals surface area contributed by atoms with Crippen LogP contribution >= 0.6 is 11.8 Å². The summed E-state index contributed by atoms with van der Waals surface area (Å²) in [7, 11) is 3.67. The van der Waals surface area contributed by atoms with E-state index in [1.165, 1.54) is 16.0 Å². The maximum absolute atomic E-state index is 5.17. The summed E-state index contributed by atoms with van der Waals surface area (Å²) in [5.41, 5.74) is 2.69. The lowest BCUT2D eigenvalue weighted by atomic mass is 10.2. The molecule has 0 saturated heterocycles. The van der Waals surface area contributed by atoms with Crippen molar-refractivity contribution in [3.05, 3.63) is 59.7 Å². The molecule has 0 amide bonds. The zero-order chi connectivity index (χ0) is 14.2. The van der Waals surface area contributed by atoms with E-state index in [0.717, 1.165) is 24.5 Å². The van der Waals surface area contributed by atoms with E-state index < -0.39 is 0 Å². The molecule has 0 aromatic heterocycles. The van der Waals surface area contributed by atoms with Gasteiger partial charge in [-0.2, -0.15) is 0 Å². The van der Waals surface area contributed by atoms with Gasteiger partial charge < -0.3 is 10.1 Å². The zero-order valence-corrected chi connectivity index (χ0v) is 12.9. The van der Waals surface area contributed by atoms with Gasteiger partial charge in [0.1, 0.15) is 5.75 Å². The number of nitrogens with one attached hydrogen (secondary N) is 1. The average molecular weight is 287 g/mol. The third-order valence-electron chi connectivity index (χ3n) is 3.10. The van der Waals surface area contributed by atoms with Crippen molar-refractivity contribution in [2.75, 3.05) is 19.9 Å². The van der Waals surface area contributed by atoms with E-state index in [1.807, 2.05) is 30.9 Å². The molecule has 0 heterocycles. The van der Waals surface area contributed by atoms with Gasteiger partial charge >= 0.3 is 0 Å². The molecule has 0 atom stereocenters. The fraction of sp³-hybridized carbons (Fsp3) is 0.294. The second-order valence-corrected chi connectivity index (χ2v) is 5.79. The summed E-state index contributed by atoms with van der Waals surface area (Å²) in [6.07, 6.45) is 1.07. The number of methoxy groups -OCH3 is 1. The van der Waals surface area contributed by atoms with Crippen molar-refractivity contribution in [2.45, 2.75) is 17.9 Å². The number of aryl methyl sites for hydroxylation is 1. The van der Waals surface area contributed by atoms with Crippen LogP contribution in [0.1, 0.15) is 11.1 Å². The van der Waals surface area contributed by atoms with Crippen LogP contribution < -0.4 is 10.1 Å². The second-order valence-electron chi connectivity index (χ2n) is 4.62. The number of hydrogen-bond acceptors (Lipinski definition) is 3. The highest BCUT2D eigenvalue weighted by molar-refractivity contribution is 7.99. The highest BCUT2D eigenvalue weighted by Gasteiger charge is 1.99. The first-order valence-electron chi connectivity index (χ1n) is 6.81. The van der Waals surface area contributed by atoms with Gasteiger partial charge in [0.05, 0.1) is 7.11 Å². The lowest BCUT2D eigenvalue weighted by Crippen LogP contribution is -2.04. The summed E-state index contributed by atoms with van der Waals surface area (Å²) >= 11 is 1.91. The quantitative estimate of drug-likeness (QED) is 0.784. The number of thioether (sulfide) groups is 1. The van der Waals surface area contributed by atoms with Crippen molar-refractivity contribution in [1.82, 2.24) is 5.32 Å². The number of hydrogen-bond donors (Lipinski definition) is 1. The van der Waals surface area contributed by atoms with Gasteiger partial charge in [0.15, 0.2) is 0 Å². The van der Waals surface area contributed by atoms with Crippen molar-refractivity contribution in [3.63, 3.8) is 0 Å². The molecule has 0 bridgehead atoms. The Labute approximate surface area is 125 Å². The van der Waals surface area contributed by atoms with Crippen molar-refractivity contribution in [2.24, 2.45) is 0 Å². The Bertz CT molecular complexity index is 525. The Hall–Kier alpha value is -1.45. The molecule has 2 rings (SSSR count). The molecule has 0 aliphatic rings. The Kier molecular flexibility index (Phi) is 5.96. The third-order valence-corrected chi connectivity index (χ3v) is 4.09. The molecule has 2 aromatic rings. The average Bonchev–Trinajstić information content (AvgIpc) is 2.49. The summed E-state index contributed by atoms with van der Waals surface area (Å²) in [4.78, 5) is 1.34. The summed E-state index contributed by atoms with van der Waals surface area (Å²) in [5, 5.41) is 3.18. The fourth-order valence-corrected chi connectivity index (χ4v) is 3.01. The van der Waals surface area contributed by atoms with Crippen LogP contribution in [0.2, 0.25) is 0 Å². The topological polar surface area (TPSA) is 21.3 Å². The van der Waals surface area contributed by atoms with E-state index in [1.54, 1.807) is 7.11 Å². The maximum Gasteiger partial charge on any atom is 0.118 e. The van der Waals surface area contributed by atoms with E-state index in [9.17, 15) is 0 Å². The molecule has 0 unspecified atom stereocenters. The van der Waals surface area contributed by atoms with Gasteiger partial charge in [-0.05, 0) is 48.9 Å². The standard InChI is InChI=1S/C17H21NOS/c1-18-13-15-4-3-5-17(12-15)20-11-10-14-6-8-16(19-2)9-7-14/h3-9,12,18H,10-11,13H2,1-2H3. The van der Waals surface area contributed by atoms with Crippen LogP contribution in [0.4, 0.5) is 0 Å². The van der Waals surface area contributed by atoms with Crippen molar-refractivity contribution < 1.29 is 4.74 Å². The van der Waals surface area contributed by atoms with E-state index >= 15 is 0 Å². The molecule has 20 heavy (non-hydrogen) atoms. The first-order valence-corrected chi connectivity index (χ1v) is 7.79. The van der Waals surface area contributed by atoms with Crippen molar-refractivity contribution >= 4 is 11.8 Å². The molecule has 0 aliphatic heterocycles. The normalized spacial score (nSPS) is 10.5. The Morgan fingerprint density at radius 2 is 1.85 bits per heavy atom. The van der Waals surface area contributed by atoms with Crippen LogP contribution in [-0.2, 0) is 13.0 Å². The lowest BCUT2D eigenvalue weighted by Gasteiger charge is -2.06. The van der Waals surface area contributed by atoms with Gasteiger partial charge in [-0.15, -0.1) is 11.8 Å². The molecule has 106 valence electrons. The largest absolute Gasteiger partial charge is 0.497 e. The van der Waals surface area contributed by atoms with Gasteiger partial charge in [0, 0.05) is 17.2 Å². The minimum absolute atomic E-state index is 0.918. The van der Waals surface area contributed by atoms with E-state index in [-0.39, 0.29) is 0 Å². The van der Waals surface area contributed by atoms with Crippen LogP contribution in [0.15, 0.2) is 53.4 Å². The monoisotopic (exact) mass is 287 g/mol. The first-order chi connectivity index (χ1) is 9.81. The molecular formula is C17H21NOS. The molecule has 1 N–H and O–H groups in total. The maximum atomic E-state index is 5.17. The van der Waals surface area contributed by atoms with Gasteiger partial charge in [0.25, 0.3) is 0 Å². The van der Waals surface area contributed by atoms with Crippen molar-refractivity contribution in [1.29, 1.82) is 0 Å². The van der Waals surface area contributed by atoms with Crippen LogP contribution in [0.25, 0.3) is 0 Å². The predicted octanol–water partition coefficient (Wildman–Crippen LogP) is 3.75. The van der Waals surface area contributed by atoms with Gasteiger partial charge in [-0.3, -0.25) is 0 Å². The summed E-state index contributed by atoms with van der Waals surface area (Å²) in [6.45, 7) is 0.923. The minimum atomic E-state index is 0.918. The molecule has 2 nitrogen and oxygen atoms in total. The van der Waals surface area contributed by atoms with Crippen LogP contribution in [0.5, 0.6) is 5.75 Å². The zero-order valence-electron chi connectivity index (χ0n) is 12.1. The molecule has 2 aromatic carbocycles. The Morgan fingerprint density at radius 1 is 1.05 bits per heavy atom. The highest BCUT2D eigenvalue weighted by atomic mass is 32.2. The molecule has 3 heteroatoms. The Morgan fingerprint density at radius 3 is 2.55 bits per heavy atom. The Balaban J connectivity index is 1.84. The van der Waals surface area contributed by atoms with E-state index in [0.29, 0.717) is 0 Å². The molecule has 0 saturated carbocycles. The summed E-state index contributed by atoms with van der Waals surface area (Å²) in [6, 6.07) is 17.0.